The Hall–Kier alpha value is -0.980. The lowest BCUT2D eigenvalue weighted by Gasteiger charge is -2.13. The van der Waals surface area contributed by atoms with Crippen LogP contribution in [-0.2, 0) is 6.42 Å². The molecule has 1 nitrogen and oxygen atoms in total. The number of aryl methyl sites for hydroxylation is 1. The Balaban J connectivity index is 2.15. The summed E-state index contributed by atoms with van der Waals surface area (Å²) >= 11 is 0. The number of rotatable bonds is 4. The lowest BCUT2D eigenvalue weighted by Crippen LogP contribution is -1.95. The lowest BCUT2D eigenvalue weighted by atomic mass is 9.94. The minimum Gasteiger partial charge on any atom is -0.508 e. The standard InChI is InChI=1S/C15H22O/c1-2-3-6-12-9-10-15(16)14(11-12)13-7-4-5-8-13/h9-11,13,16H,2-8H2,1H3. The van der Waals surface area contributed by atoms with Gasteiger partial charge in [0.05, 0.1) is 0 Å². The molecule has 1 aromatic rings. The second kappa shape index (κ2) is 5.38. The first-order valence-corrected chi connectivity index (χ1v) is 6.63. The maximum Gasteiger partial charge on any atom is 0.119 e. The summed E-state index contributed by atoms with van der Waals surface area (Å²) < 4.78 is 0. The molecule has 1 N–H and O–H groups in total. The molecule has 1 fully saturated rings. The van der Waals surface area contributed by atoms with Gasteiger partial charge in [-0.05, 0) is 48.8 Å². The molecule has 0 heterocycles. The first-order chi connectivity index (χ1) is 7.81. The van der Waals surface area contributed by atoms with Gasteiger partial charge < -0.3 is 5.11 Å². The number of hydrogen-bond acceptors (Lipinski definition) is 1. The molecule has 0 saturated heterocycles. The van der Waals surface area contributed by atoms with Crippen molar-refractivity contribution in [1.82, 2.24) is 0 Å². The van der Waals surface area contributed by atoms with E-state index >= 15 is 0 Å². The normalized spacial score (nSPS) is 16.8. The van der Waals surface area contributed by atoms with Gasteiger partial charge in [-0.2, -0.15) is 0 Å². The zero-order chi connectivity index (χ0) is 11.4. The minimum atomic E-state index is 0.507. The third-order valence-corrected chi connectivity index (χ3v) is 3.71. The van der Waals surface area contributed by atoms with Crippen LogP contribution in [-0.4, -0.2) is 5.11 Å². The second-order valence-corrected chi connectivity index (χ2v) is 4.98. The fraction of sp³-hybridized carbons (Fsp3) is 0.600. The summed E-state index contributed by atoms with van der Waals surface area (Å²) in [7, 11) is 0. The van der Waals surface area contributed by atoms with Gasteiger partial charge in [-0.1, -0.05) is 38.3 Å². The van der Waals surface area contributed by atoms with Gasteiger partial charge >= 0.3 is 0 Å². The number of aromatic hydroxyl groups is 1. The topological polar surface area (TPSA) is 20.2 Å². The summed E-state index contributed by atoms with van der Waals surface area (Å²) in [5, 5.41) is 9.92. The zero-order valence-electron chi connectivity index (χ0n) is 10.2. The molecule has 0 aliphatic heterocycles. The van der Waals surface area contributed by atoms with Crippen LogP contribution in [0.1, 0.15) is 62.5 Å². The molecule has 0 aromatic heterocycles. The monoisotopic (exact) mass is 218 g/mol. The molecule has 0 unspecified atom stereocenters. The van der Waals surface area contributed by atoms with E-state index in [1.165, 1.54) is 49.7 Å². The van der Waals surface area contributed by atoms with Gasteiger partial charge in [0.2, 0.25) is 0 Å². The molecule has 16 heavy (non-hydrogen) atoms. The van der Waals surface area contributed by atoms with Gasteiger partial charge in [0.1, 0.15) is 5.75 Å². The van der Waals surface area contributed by atoms with Crippen LogP contribution >= 0.6 is 0 Å². The summed E-state index contributed by atoms with van der Waals surface area (Å²) in [5.41, 5.74) is 2.59. The van der Waals surface area contributed by atoms with Crippen LogP contribution in [0.4, 0.5) is 0 Å². The highest BCUT2D eigenvalue weighted by Gasteiger charge is 2.20. The summed E-state index contributed by atoms with van der Waals surface area (Å²) in [6.07, 6.45) is 8.78. The van der Waals surface area contributed by atoms with Crippen molar-refractivity contribution in [2.24, 2.45) is 0 Å². The average Bonchev–Trinajstić information content (AvgIpc) is 2.81. The van der Waals surface area contributed by atoms with E-state index in [1.54, 1.807) is 0 Å². The Kier molecular flexibility index (Phi) is 3.87. The largest absolute Gasteiger partial charge is 0.508 e. The lowest BCUT2D eigenvalue weighted by molar-refractivity contribution is 0.460. The van der Waals surface area contributed by atoms with Gasteiger partial charge in [-0.3, -0.25) is 0 Å². The molecule has 0 amide bonds. The molecule has 1 aliphatic rings. The number of hydrogen-bond donors (Lipinski definition) is 1. The second-order valence-electron chi connectivity index (χ2n) is 4.98. The van der Waals surface area contributed by atoms with E-state index in [2.05, 4.69) is 19.1 Å². The van der Waals surface area contributed by atoms with E-state index in [0.29, 0.717) is 11.7 Å². The van der Waals surface area contributed by atoms with Crippen molar-refractivity contribution in [1.29, 1.82) is 0 Å². The van der Waals surface area contributed by atoms with E-state index in [9.17, 15) is 5.11 Å². The van der Waals surface area contributed by atoms with Gasteiger partial charge in [0.25, 0.3) is 0 Å². The number of phenols is 1. The van der Waals surface area contributed by atoms with E-state index < -0.39 is 0 Å². The average molecular weight is 218 g/mol. The molecule has 1 aromatic carbocycles. The summed E-state index contributed by atoms with van der Waals surface area (Å²) in [4.78, 5) is 0. The maximum absolute atomic E-state index is 9.92. The predicted octanol–water partition coefficient (Wildman–Crippen LogP) is 4.39. The summed E-state index contributed by atoms with van der Waals surface area (Å²) in [6.45, 7) is 2.22. The van der Waals surface area contributed by atoms with Gasteiger partial charge in [-0.15, -0.1) is 0 Å². The van der Waals surface area contributed by atoms with Crippen LogP contribution in [0, 0.1) is 0 Å². The van der Waals surface area contributed by atoms with Gasteiger partial charge in [-0.25, -0.2) is 0 Å². The van der Waals surface area contributed by atoms with Crippen LogP contribution in [0.3, 0.4) is 0 Å². The first-order valence-electron chi connectivity index (χ1n) is 6.63. The maximum atomic E-state index is 9.92. The minimum absolute atomic E-state index is 0.507. The van der Waals surface area contributed by atoms with Crippen molar-refractivity contribution >= 4 is 0 Å². The highest BCUT2D eigenvalue weighted by atomic mass is 16.3. The molecule has 0 radical (unpaired) electrons. The molecule has 0 spiro atoms. The van der Waals surface area contributed by atoms with Crippen LogP contribution in [0.2, 0.25) is 0 Å². The summed E-state index contributed by atoms with van der Waals surface area (Å²) in [5.74, 6) is 1.12. The van der Waals surface area contributed by atoms with Gasteiger partial charge in [0, 0.05) is 0 Å². The molecule has 2 rings (SSSR count). The Bertz CT molecular complexity index is 337. The molecule has 1 aliphatic carbocycles. The molecular weight excluding hydrogens is 196 g/mol. The third-order valence-electron chi connectivity index (χ3n) is 3.71. The highest BCUT2D eigenvalue weighted by molar-refractivity contribution is 5.39. The van der Waals surface area contributed by atoms with E-state index in [0.717, 1.165) is 6.42 Å². The Morgan fingerprint density at radius 3 is 2.69 bits per heavy atom. The number of unbranched alkanes of at least 4 members (excludes halogenated alkanes) is 1. The van der Waals surface area contributed by atoms with E-state index in [1.807, 2.05) is 6.07 Å². The van der Waals surface area contributed by atoms with Gasteiger partial charge in [0.15, 0.2) is 0 Å². The van der Waals surface area contributed by atoms with E-state index in [4.69, 9.17) is 0 Å². The molecular formula is C15H22O. The third kappa shape index (κ3) is 2.58. The van der Waals surface area contributed by atoms with E-state index in [-0.39, 0.29) is 0 Å². The van der Waals surface area contributed by atoms with Crippen molar-refractivity contribution in [3.05, 3.63) is 29.3 Å². The van der Waals surface area contributed by atoms with Crippen LogP contribution < -0.4 is 0 Å². The quantitative estimate of drug-likeness (QED) is 0.794. The Labute approximate surface area is 98.5 Å². The van der Waals surface area contributed by atoms with Crippen molar-refractivity contribution in [2.45, 2.75) is 57.8 Å². The predicted molar refractivity (Wildman–Crippen MR) is 67.9 cm³/mol. The highest BCUT2D eigenvalue weighted by Crippen LogP contribution is 2.38. The fourth-order valence-corrected chi connectivity index (χ4v) is 2.70. The number of benzene rings is 1. The van der Waals surface area contributed by atoms with Crippen molar-refractivity contribution in [2.75, 3.05) is 0 Å². The van der Waals surface area contributed by atoms with Crippen molar-refractivity contribution in [3.8, 4) is 5.75 Å². The van der Waals surface area contributed by atoms with Crippen LogP contribution in [0.25, 0.3) is 0 Å². The fourth-order valence-electron chi connectivity index (χ4n) is 2.70. The zero-order valence-corrected chi connectivity index (χ0v) is 10.2. The van der Waals surface area contributed by atoms with Crippen LogP contribution in [0.15, 0.2) is 18.2 Å². The van der Waals surface area contributed by atoms with Crippen molar-refractivity contribution in [3.63, 3.8) is 0 Å². The molecule has 0 bridgehead atoms. The van der Waals surface area contributed by atoms with Crippen LogP contribution in [0.5, 0.6) is 5.75 Å². The first kappa shape index (κ1) is 11.5. The molecule has 0 atom stereocenters. The summed E-state index contributed by atoms with van der Waals surface area (Å²) in [6, 6.07) is 6.20. The SMILES string of the molecule is CCCCc1ccc(O)c(C2CCCC2)c1. The Morgan fingerprint density at radius 1 is 1.25 bits per heavy atom. The Morgan fingerprint density at radius 2 is 2.00 bits per heavy atom. The smallest absolute Gasteiger partial charge is 0.119 e. The molecule has 88 valence electrons. The number of phenolic OH excluding ortho intramolecular Hbond substituents is 1. The molecule has 1 heteroatoms. The van der Waals surface area contributed by atoms with Crippen molar-refractivity contribution < 1.29 is 5.11 Å². The molecule has 1 saturated carbocycles.